The second-order valence-corrected chi connectivity index (χ2v) is 3.97. The van der Waals surface area contributed by atoms with E-state index in [4.69, 9.17) is 10.3 Å². The Morgan fingerprint density at radius 3 is 2.92 bits per heavy atom. The van der Waals surface area contributed by atoms with Crippen LogP contribution in [0.25, 0.3) is 0 Å². The lowest BCUT2D eigenvalue weighted by Gasteiger charge is -1.98. The van der Waals surface area contributed by atoms with Gasteiger partial charge in [-0.1, -0.05) is 19.0 Å². The second-order valence-electron chi connectivity index (χ2n) is 2.70. The molecule has 0 aliphatic carbocycles. The Kier molecular flexibility index (Phi) is 4.24. The molecule has 0 aromatic carbocycles. The summed E-state index contributed by atoms with van der Waals surface area (Å²) in [6.07, 6.45) is 0.822. The van der Waals surface area contributed by atoms with Crippen LogP contribution in [0.15, 0.2) is 4.52 Å². The van der Waals surface area contributed by atoms with Gasteiger partial charge in [0.25, 0.3) is 0 Å². The number of aromatic nitrogens is 2. The molecule has 1 aromatic heterocycles. The Balaban J connectivity index is 2.53. The maximum atomic E-state index is 5.73. The van der Waals surface area contributed by atoms with Crippen molar-refractivity contribution in [3.05, 3.63) is 11.7 Å². The molecule has 0 amide bonds. The lowest BCUT2D eigenvalue weighted by Crippen LogP contribution is -2.08. The molecule has 13 heavy (non-hydrogen) atoms. The van der Waals surface area contributed by atoms with E-state index in [-0.39, 0.29) is 6.04 Å². The third-order valence-corrected chi connectivity index (χ3v) is 2.55. The molecule has 0 saturated carbocycles. The van der Waals surface area contributed by atoms with E-state index >= 15 is 0 Å². The predicted molar refractivity (Wildman–Crippen MR) is 53.4 cm³/mol. The predicted octanol–water partition coefficient (Wildman–Crippen LogP) is 1.73. The number of hydrogen-bond acceptors (Lipinski definition) is 5. The topological polar surface area (TPSA) is 64.9 Å². The molecule has 0 spiro atoms. The van der Waals surface area contributed by atoms with Crippen LogP contribution < -0.4 is 5.73 Å². The molecular weight excluding hydrogens is 186 g/mol. The molecule has 0 unspecified atom stereocenters. The quantitative estimate of drug-likeness (QED) is 0.786. The summed E-state index contributed by atoms with van der Waals surface area (Å²) in [5.74, 6) is 3.15. The number of nitrogens with zero attached hydrogens (tertiary/aromatic N) is 2. The van der Waals surface area contributed by atoms with E-state index in [0.717, 1.165) is 23.8 Å². The molecule has 0 aliphatic heterocycles. The van der Waals surface area contributed by atoms with Gasteiger partial charge in [-0.05, 0) is 12.2 Å². The van der Waals surface area contributed by atoms with Gasteiger partial charge in [-0.15, -0.1) is 0 Å². The van der Waals surface area contributed by atoms with Crippen LogP contribution in [-0.4, -0.2) is 15.9 Å². The molecule has 1 heterocycles. The fourth-order valence-electron chi connectivity index (χ4n) is 0.845. The fourth-order valence-corrected chi connectivity index (χ4v) is 1.35. The average Bonchev–Trinajstić information content (AvgIpc) is 2.62. The van der Waals surface area contributed by atoms with Crippen LogP contribution in [0.2, 0.25) is 0 Å². The van der Waals surface area contributed by atoms with Crippen molar-refractivity contribution < 1.29 is 4.52 Å². The van der Waals surface area contributed by atoms with Crippen molar-refractivity contribution in [2.24, 2.45) is 5.73 Å². The highest BCUT2D eigenvalue weighted by Gasteiger charge is 2.11. The van der Waals surface area contributed by atoms with Crippen molar-refractivity contribution in [3.63, 3.8) is 0 Å². The Hall–Kier alpha value is -0.550. The second kappa shape index (κ2) is 5.24. The third-order valence-electron chi connectivity index (χ3n) is 1.68. The largest absolute Gasteiger partial charge is 0.338 e. The normalized spacial score (nSPS) is 13.2. The van der Waals surface area contributed by atoms with Crippen LogP contribution in [-0.2, 0) is 5.75 Å². The number of thioether (sulfide) groups is 1. The van der Waals surface area contributed by atoms with E-state index in [1.165, 1.54) is 0 Å². The first-order valence-electron chi connectivity index (χ1n) is 4.43. The van der Waals surface area contributed by atoms with E-state index in [0.29, 0.717) is 5.89 Å². The van der Waals surface area contributed by atoms with Crippen LogP contribution in [0.3, 0.4) is 0 Å². The van der Waals surface area contributed by atoms with E-state index in [9.17, 15) is 0 Å². The van der Waals surface area contributed by atoms with Crippen LogP contribution in [0.4, 0.5) is 0 Å². The first kappa shape index (κ1) is 10.5. The molecular formula is C8H15N3OS. The van der Waals surface area contributed by atoms with Crippen LogP contribution in [0.1, 0.15) is 38.0 Å². The van der Waals surface area contributed by atoms with Gasteiger partial charge in [0.1, 0.15) is 0 Å². The number of rotatable bonds is 5. The fraction of sp³-hybridized carbons (Fsp3) is 0.750. The lowest BCUT2D eigenvalue weighted by molar-refractivity contribution is 0.349. The Morgan fingerprint density at radius 1 is 1.54 bits per heavy atom. The highest BCUT2D eigenvalue weighted by Crippen LogP contribution is 2.13. The minimum atomic E-state index is -0.118. The molecule has 5 heteroatoms. The third kappa shape index (κ3) is 3.00. The molecule has 0 bridgehead atoms. The molecule has 0 aliphatic rings. The number of hydrogen-bond donors (Lipinski definition) is 1. The van der Waals surface area contributed by atoms with E-state index in [1.807, 2.05) is 6.92 Å². The number of nitrogens with two attached hydrogens (primary N) is 1. The highest BCUT2D eigenvalue weighted by molar-refractivity contribution is 7.98. The summed E-state index contributed by atoms with van der Waals surface area (Å²) >= 11 is 1.77. The Morgan fingerprint density at radius 2 is 2.31 bits per heavy atom. The summed E-state index contributed by atoms with van der Waals surface area (Å²) in [4.78, 5) is 4.19. The molecule has 4 nitrogen and oxygen atoms in total. The first-order chi connectivity index (χ1) is 6.27. The Labute approximate surface area is 82.3 Å². The van der Waals surface area contributed by atoms with Gasteiger partial charge in [-0.3, -0.25) is 0 Å². The van der Waals surface area contributed by atoms with Crippen molar-refractivity contribution in [2.45, 2.75) is 32.1 Å². The molecule has 0 radical (unpaired) electrons. The Bertz CT molecular complexity index is 251. The maximum Gasteiger partial charge on any atom is 0.243 e. The van der Waals surface area contributed by atoms with Gasteiger partial charge in [0.05, 0.1) is 11.8 Å². The smallest absolute Gasteiger partial charge is 0.243 e. The van der Waals surface area contributed by atoms with E-state index in [1.54, 1.807) is 11.8 Å². The van der Waals surface area contributed by atoms with Crippen molar-refractivity contribution in [2.75, 3.05) is 5.75 Å². The lowest BCUT2D eigenvalue weighted by atomic mass is 10.2. The summed E-state index contributed by atoms with van der Waals surface area (Å²) in [6.45, 7) is 4.10. The monoisotopic (exact) mass is 201 g/mol. The maximum absolute atomic E-state index is 5.73. The van der Waals surface area contributed by atoms with Gasteiger partial charge >= 0.3 is 0 Å². The minimum Gasteiger partial charge on any atom is -0.338 e. The van der Waals surface area contributed by atoms with Gasteiger partial charge in [0.15, 0.2) is 5.82 Å². The molecule has 1 rings (SSSR count). The zero-order chi connectivity index (χ0) is 9.68. The van der Waals surface area contributed by atoms with Crippen LogP contribution >= 0.6 is 11.8 Å². The SMILES string of the molecule is CCSCc1noc([C@H](N)CC)n1. The van der Waals surface area contributed by atoms with Gasteiger partial charge < -0.3 is 10.3 Å². The average molecular weight is 201 g/mol. The van der Waals surface area contributed by atoms with Crippen LogP contribution in [0, 0.1) is 0 Å². The van der Waals surface area contributed by atoms with Gasteiger partial charge in [-0.2, -0.15) is 16.7 Å². The van der Waals surface area contributed by atoms with Crippen molar-refractivity contribution in [1.29, 1.82) is 0 Å². The zero-order valence-corrected chi connectivity index (χ0v) is 8.80. The van der Waals surface area contributed by atoms with Gasteiger partial charge in [0, 0.05) is 0 Å². The molecule has 0 saturated heterocycles. The minimum absolute atomic E-state index is 0.118. The summed E-state index contributed by atoms with van der Waals surface area (Å²) in [6, 6.07) is -0.118. The van der Waals surface area contributed by atoms with E-state index in [2.05, 4.69) is 17.1 Å². The van der Waals surface area contributed by atoms with E-state index < -0.39 is 0 Å². The summed E-state index contributed by atoms with van der Waals surface area (Å²) in [7, 11) is 0. The van der Waals surface area contributed by atoms with Crippen molar-refractivity contribution in [1.82, 2.24) is 10.1 Å². The molecule has 2 N–H and O–H groups in total. The summed E-state index contributed by atoms with van der Waals surface area (Å²) < 4.78 is 5.01. The van der Waals surface area contributed by atoms with Crippen molar-refractivity contribution in [3.8, 4) is 0 Å². The molecule has 1 aromatic rings. The van der Waals surface area contributed by atoms with Gasteiger partial charge in [0.2, 0.25) is 5.89 Å². The van der Waals surface area contributed by atoms with Gasteiger partial charge in [-0.25, -0.2) is 0 Å². The van der Waals surface area contributed by atoms with Crippen LogP contribution in [0.5, 0.6) is 0 Å². The van der Waals surface area contributed by atoms with Crippen molar-refractivity contribution >= 4 is 11.8 Å². The summed E-state index contributed by atoms with van der Waals surface area (Å²) in [5.41, 5.74) is 5.73. The standard InChI is InChI=1S/C8H15N3OS/c1-3-6(9)8-10-7(11-12-8)5-13-4-2/h6H,3-5,9H2,1-2H3/t6-/m1/s1. The zero-order valence-electron chi connectivity index (χ0n) is 7.99. The first-order valence-corrected chi connectivity index (χ1v) is 5.59. The molecule has 0 fully saturated rings. The highest BCUT2D eigenvalue weighted by atomic mass is 32.2. The molecule has 74 valence electrons. The summed E-state index contributed by atoms with van der Waals surface area (Å²) in [5, 5.41) is 3.84. The molecule has 1 atom stereocenters.